The minimum Gasteiger partial charge on any atom is -0.355 e. The van der Waals surface area contributed by atoms with Gasteiger partial charge in [-0.05, 0) is 26.2 Å². The van der Waals surface area contributed by atoms with E-state index in [1.165, 1.54) is 12.8 Å². The maximum atomic E-state index is 11.2. The Balaban J connectivity index is 2.08. The van der Waals surface area contributed by atoms with Crippen molar-refractivity contribution in [1.82, 2.24) is 5.32 Å². The molecule has 1 amide bonds. The molecule has 1 aliphatic rings. The van der Waals surface area contributed by atoms with E-state index in [4.69, 9.17) is 5.73 Å². The third-order valence-electron chi connectivity index (χ3n) is 2.12. The average Bonchev–Trinajstić information content (AvgIpc) is 2.69. The van der Waals surface area contributed by atoms with Gasteiger partial charge in [-0.15, -0.1) is 0 Å². The fourth-order valence-electron chi connectivity index (χ4n) is 1.02. The summed E-state index contributed by atoms with van der Waals surface area (Å²) in [5.74, 6) is 0.814. The van der Waals surface area contributed by atoms with Gasteiger partial charge in [-0.2, -0.15) is 0 Å². The van der Waals surface area contributed by atoms with E-state index in [0.717, 1.165) is 18.9 Å². The highest BCUT2D eigenvalue weighted by Crippen LogP contribution is 2.31. The summed E-state index contributed by atoms with van der Waals surface area (Å²) in [6, 6.07) is 0. The fourth-order valence-corrected chi connectivity index (χ4v) is 1.02. The van der Waals surface area contributed by atoms with Gasteiger partial charge in [0.25, 0.3) is 0 Å². The third kappa shape index (κ3) is 3.22. The summed E-state index contributed by atoms with van der Waals surface area (Å²) in [6.45, 7) is 4.23. The topological polar surface area (TPSA) is 55.1 Å². The largest absolute Gasteiger partial charge is 0.355 e. The molecular weight excluding hydrogens is 152 g/mol. The predicted molar refractivity (Wildman–Crippen MR) is 48.6 cm³/mol. The molecule has 1 rings (SSSR count). The summed E-state index contributed by atoms with van der Waals surface area (Å²) in [5.41, 5.74) is 4.87. The van der Waals surface area contributed by atoms with Gasteiger partial charge in [-0.25, -0.2) is 0 Å². The van der Waals surface area contributed by atoms with Crippen molar-refractivity contribution in [1.29, 1.82) is 0 Å². The van der Waals surface area contributed by atoms with Crippen LogP contribution in [0.4, 0.5) is 0 Å². The number of carbonyl (C=O) groups excluding carboxylic acids is 1. The van der Waals surface area contributed by atoms with Crippen LogP contribution in [0, 0.1) is 5.92 Å². The zero-order valence-electron chi connectivity index (χ0n) is 7.89. The molecule has 0 aromatic rings. The molecule has 0 aromatic carbocycles. The van der Waals surface area contributed by atoms with E-state index in [0.29, 0.717) is 0 Å². The minimum atomic E-state index is -0.733. The molecule has 0 radical (unpaired) electrons. The number of carbonyl (C=O) groups is 1. The predicted octanol–water partition coefficient (Wildman–Crippen LogP) is 0.640. The molecule has 1 fully saturated rings. The smallest absolute Gasteiger partial charge is 0.239 e. The molecule has 0 bridgehead atoms. The van der Waals surface area contributed by atoms with Gasteiger partial charge in [0.1, 0.15) is 0 Å². The van der Waals surface area contributed by atoms with Crippen molar-refractivity contribution < 1.29 is 4.79 Å². The SMILES string of the molecule is CC(C)(N)C(=O)NCCC1CC1. The molecule has 0 atom stereocenters. The molecule has 0 aromatic heterocycles. The van der Waals surface area contributed by atoms with Crippen molar-refractivity contribution in [2.45, 2.75) is 38.6 Å². The molecule has 12 heavy (non-hydrogen) atoms. The first-order valence-electron chi connectivity index (χ1n) is 4.57. The number of amides is 1. The minimum absolute atomic E-state index is 0.0526. The van der Waals surface area contributed by atoms with Crippen molar-refractivity contribution in [3.63, 3.8) is 0 Å². The summed E-state index contributed by atoms with van der Waals surface area (Å²) in [7, 11) is 0. The third-order valence-corrected chi connectivity index (χ3v) is 2.12. The van der Waals surface area contributed by atoms with E-state index in [1.807, 2.05) is 0 Å². The van der Waals surface area contributed by atoms with Crippen molar-refractivity contribution >= 4 is 5.91 Å². The first-order chi connectivity index (χ1) is 5.50. The molecule has 0 saturated heterocycles. The fraction of sp³-hybridized carbons (Fsp3) is 0.889. The van der Waals surface area contributed by atoms with Gasteiger partial charge in [-0.1, -0.05) is 12.8 Å². The zero-order valence-corrected chi connectivity index (χ0v) is 7.89. The van der Waals surface area contributed by atoms with Crippen LogP contribution < -0.4 is 11.1 Å². The monoisotopic (exact) mass is 170 g/mol. The van der Waals surface area contributed by atoms with E-state index in [1.54, 1.807) is 13.8 Å². The van der Waals surface area contributed by atoms with Crippen LogP contribution in [0.5, 0.6) is 0 Å². The van der Waals surface area contributed by atoms with Gasteiger partial charge >= 0.3 is 0 Å². The number of hydrogen-bond acceptors (Lipinski definition) is 2. The van der Waals surface area contributed by atoms with Crippen LogP contribution in [0.15, 0.2) is 0 Å². The Bertz CT molecular complexity index is 168. The van der Waals surface area contributed by atoms with Crippen molar-refractivity contribution in [3.8, 4) is 0 Å². The van der Waals surface area contributed by atoms with E-state index in [9.17, 15) is 4.79 Å². The van der Waals surface area contributed by atoms with Crippen LogP contribution in [0.2, 0.25) is 0 Å². The highest BCUT2D eigenvalue weighted by Gasteiger charge is 2.23. The summed E-state index contributed by atoms with van der Waals surface area (Å²) in [6.07, 6.45) is 3.78. The summed E-state index contributed by atoms with van der Waals surface area (Å²) in [5, 5.41) is 2.83. The van der Waals surface area contributed by atoms with E-state index >= 15 is 0 Å². The Morgan fingerprint density at radius 1 is 1.58 bits per heavy atom. The maximum absolute atomic E-state index is 11.2. The quantitative estimate of drug-likeness (QED) is 0.650. The number of nitrogens with one attached hydrogen (secondary N) is 1. The Morgan fingerprint density at radius 2 is 2.17 bits per heavy atom. The van der Waals surface area contributed by atoms with Gasteiger partial charge in [-0.3, -0.25) is 4.79 Å². The van der Waals surface area contributed by atoms with Crippen LogP contribution in [-0.2, 0) is 4.79 Å². The van der Waals surface area contributed by atoms with Crippen LogP contribution in [0.3, 0.4) is 0 Å². The van der Waals surface area contributed by atoms with Crippen molar-refractivity contribution in [2.75, 3.05) is 6.54 Å². The highest BCUT2D eigenvalue weighted by atomic mass is 16.2. The molecule has 0 unspecified atom stereocenters. The molecule has 70 valence electrons. The number of rotatable bonds is 4. The van der Waals surface area contributed by atoms with E-state index in [2.05, 4.69) is 5.32 Å². The van der Waals surface area contributed by atoms with Gasteiger partial charge in [0, 0.05) is 6.54 Å². The van der Waals surface area contributed by atoms with Gasteiger partial charge < -0.3 is 11.1 Å². The highest BCUT2D eigenvalue weighted by molar-refractivity contribution is 5.84. The van der Waals surface area contributed by atoms with Gasteiger partial charge in [0.05, 0.1) is 5.54 Å². The molecule has 0 spiro atoms. The van der Waals surface area contributed by atoms with Crippen molar-refractivity contribution in [3.05, 3.63) is 0 Å². The Morgan fingerprint density at radius 3 is 2.58 bits per heavy atom. The number of hydrogen-bond donors (Lipinski definition) is 2. The first-order valence-corrected chi connectivity index (χ1v) is 4.57. The standard InChI is InChI=1S/C9H18N2O/c1-9(2,10)8(12)11-6-5-7-3-4-7/h7H,3-6,10H2,1-2H3,(H,11,12). The molecule has 0 heterocycles. The number of nitrogens with two attached hydrogens (primary N) is 1. The lowest BCUT2D eigenvalue weighted by Crippen LogP contribution is -2.49. The molecule has 3 nitrogen and oxygen atoms in total. The zero-order chi connectivity index (χ0) is 9.19. The lowest BCUT2D eigenvalue weighted by Gasteiger charge is -2.17. The second-order valence-corrected chi connectivity index (χ2v) is 4.21. The van der Waals surface area contributed by atoms with Gasteiger partial charge in [0.15, 0.2) is 0 Å². The Kier molecular flexibility index (Phi) is 2.73. The summed E-state index contributed by atoms with van der Waals surface area (Å²) >= 11 is 0. The molecule has 0 aliphatic heterocycles. The lowest BCUT2D eigenvalue weighted by atomic mass is 10.1. The van der Waals surface area contributed by atoms with Crippen LogP contribution in [0.25, 0.3) is 0 Å². The van der Waals surface area contributed by atoms with Crippen LogP contribution >= 0.6 is 0 Å². The lowest BCUT2D eigenvalue weighted by molar-refractivity contribution is -0.125. The maximum Gasteiger partial charge on any atom is 0.239 e. The average molecular weight is 170 g/mol. The summed E-state index contributed by atoms with van der Waals surface area (Å²) in [4.78, 5) is 11.2. The molecule has 1 aliphatic carbocycles. The van der Waals surface area contributed by atoms with E-state index in [-0.39, 0.29) is 5.91 Å². The normalized spacial score (nSPS) is 17.6. The van der Waals surface area contributed by atoms with Crippen molar-refractivity contribution in [2.24, 2.45) is 11.7 Å². The molecule has 3 N–H and O–H groups in total. The Hall–Kier alpha value is -0.570. The second kappa shape index (κ2) is 3.44. The molecular formula is C9H18N2O. The van der Waals surface area contributed by atoms with Gasteiger partial charge in [0.2, 0.25) is 5.91 Å². The second-order valence-electron chi connectivity index (χ2n) is 4.21. The van der Waals surface area contributed by atoms with Crippen LogP contribution in [-0.4, -0.2) is 18.0 Å². The summed E-state index contributed by atoms with van der Waals surface area (Å²) < 4.78 is 0. The first kappa shape index (κ1) is 9.52. The molecule has 3 heteroatoms. The van der Waals surface area contributed by atoms with Crippen LogP contribution in [0.1, 0.15) is 33.1 Å². The van der Waals surface area contributed by atoms with E-state index < -0.39 is 5.54 Å². The molecule has 1 saturated carbocycles. The Labute approximate surface area is 73.7 Å².